The quantitative estimate of drug-likeness (QED) is 0.827. The van der Waals surface area contributed by atoms with Crippen molar-refractivity contribution in [2.24, 2.45) is 0 Å². The van der Waals surface area contributed by atoms with Crippen LogP contribution in [-0.2, 0) is 18.4 Å². The Bertz CT molecular complexity index is 716. The molecule has 4 heteroatoms. The zero-order valence-corrected chi connectivity index (χ0v) is 13.5. The molecular formula is C19H24N2O2. The van der Waals surface area contributed by atoms with E-state index in [0.717, 1.165) is 31.4 Å². The standard InChI is InChI=1S/C19H24N2O2/c22-15-8-7-14(12-16(15)23)19(9-5-10-19)17-13-20-18-6-3-1-2-4-11-21(17)18/h7-8,12-13,22-23H,1-6,9-11H2. The number of aromatic nitrogens is 2. The van der Waals surface area contributed by atoms with Crippen LogP contribution in [0, 0.1) is 0 Å². The van der Waals surface area contributed by atoms with Crippen LogP contribution in [-0.4, -0.2) is 19.8 Å². The molecule has 2 heterocycles. The summed E-state index contributed by atoms with van der Waals surface area (Å²) in [5.41, 5.74) is 2.35. The number of imidazole rings is 1. The van der Waals surface area contributed by atoms with Gasteiger partial charge in [0.15, 0.2) is 11.5 Å². The van der Waals surface area contributed by atoms with Crippen LogP contribution in [0.2, 0.25) is 0 Å². The zero-order chi connectivity index (χ0) is 15.9. The van der Waals surface area contributed by atoms with Crippen LogP contribution in [0.4, 0.5) is 0 Å². The lowest BCUT2D eigenvalue weighted by atomic mass is 9.62. The first-order chi connectivity index (χ1) is 11.2. The van der Waals surface area contributed by atoms with Gasteiger partial charge in [0.1, 0.15) is 5.82 Å². The lowest BCUT2D eigenvalue weighted by Gasteiger charge is -2.43. The van der Waals surface area contributed by atoms with Crippen LogP contribution < -0.4 is 0 Å². The predicted molar refractivity (Wildman–Crippen MR) is 88.8 cm³/mol. The van der Waals surface area contributed by atoms with Gasteiger partial charge in [-0.25, -0.2) is 4.98 Å². The molecule has 0 bridgehead atoms. The molecule has 1 fully saturated rings. The summed E-state index contributed by atoms with van der Waals surface area (Å²) in [5.74, 6) is 1.14. The third kappa shape index (κ3) is 2.32. The molecule has 1 aromatic carbocycles. The average molecular weight is 312 g/mol. The molecule has 1 aromatic heterocycles. The molecule has 122 valence electrons. The normalized spacial score (nSPS) is 20.2. The summed E-state index contributed by atoms with van der Waals surface area (Å²) >= 11 is 0. The maximum atomic E-state index is 9.93. The molecular weight excluding hydrogens is 288 g/mol. The van der Waals surface area contributed by atoms with Gasteiger partial charge in [-0.05, 0) is 43.4 Å². The number of nitrogens with zero attached hydrogens (tertiary/aromatic N) is 2. The summed E-state index contributed by atoms with van der Waals surface area (Å²) in [6.45, 7) is 1.05. The van der Waals surface area contributed by atoms with Gasteiger partial charge in [-0.2, -0.15) is 0 Å². The maximum Gasteiger partial charge on any atom is 0.157 e. The molecule has 1 saturated carbocycles. The number of benzene rings is 1. The second kappa shape index (κ2) is 5.59. The van der Waals surface area contributed by atoms with E-state index in [1.54, 1.807) is 12.1 Å². The van der Waals surface area contributed by atoms with Gasteiger partial charge in [0.05, 0.1) is 0 Å². The molecule has 0 spiro atoms. The first-order valence-corrected chi connectivity index (χ1v) is 8.78. The van der Waals surface area contributed by atoms with E-state index in [9.17, 15) is 10.2 Å². The minimum Gasteiger partial charge on any atom is -0.504 e. The first-order valence-electron chi connectivity index (χ1n) is 8.78. The Morgan fingerprint density at radius 3 is 2.52 bits per heavy atom. The second-order valence-electron chi connectivity index (χ2n) is 7.01. The van der Waals surface area contributed by atoms with E-state index in [4.69, 9.17) is 4.98 Å². The summed E-state index contributed by atoms with van der Waals surface area (Å²) in [5, 5.41) is 19.6. The second-order valence-corrected chi connectivity index (χ2v) is 7.01. The summed E-state index contributed by atoms with van der Waals surface area (Å²) in [6, 6.07) is 5.30. The molecule has 4 nitrogen and oxygen atoms in total. The highest BCUT2D eigenvalue weighted by atomic mass is 16.3. The van der Waals surface area contributed by atoms with E-state index in [1.807, 2.05) is 6.07 Å². The van der Waals surface area contributed by atoms with Crippen LogP contribution >= 0.6 is 0 Å². The van der Waals surface area contributed by atoms with Crippen molar-refractivity contribution in [1.82, 2.24) is 9.55 Å². The number of hydrogen-bond acceptors (Lipinski definition) is 3. The largest absolute Gasteiger partial charge is 0.504 e. The number of hydrogen-bond donors (Lipinski definition) is 2. The lowest BCUT2D eigenvalue weighted by molar-refractivity contribution is 0.279. The zero-order valence-electron chi connectivity index (χ0n) is 13.5. The van der Waals surface area contributed by atoms with Crippen LogP contribution in [0.3, 0.4) is 0 Å². The van der Waals surface area contributed by atoms with Crippen molar-refractivity contribution in [3.63, 3.8) is 0 Å². The fourth-order valence-electron chi connectivity index (χ4n) is 4.20. The number of aryl methyl sites for hydroxylation is 1. The Balaban J connectivity index is 1.79. The summed E-state index contributed by atoms with van der Waals surface area (Å²) in [7, 11) is 0. The maximum absolute atomic E-state index is 9.93. The van der Waals surface area contributed by atoms with Gasteiger partial charge in [0, 0.05) is 30.3 Å². The average Bonchev–Trinajstić information content (AvgIpc) is 2.84. The van der Waals surface area contributed by atoms with Crippen molar-refractivity contribution in [3.8, 4) is 11.5 Å². The summed E-state index contributed by atoms with van der Waals surface area (Å²) < 4.78 is 2.43. The van der Waals surface area contributed by atoms with Gasteiger partial charge in [-0.15, -0.1) is 0 Å². The van der Waals surface area contributed by atoms with E-state index < -0.39 is 0 Å². The minimum absolute atomic E-state index is 0.0267. The van der Waals surface area contributed by atoms with Crippen molar-refractivity contribution >= 4 is 0 Å². The van der Waals surface area contributed by atoms with Gasteiger partial charge in [0.2, 0.25) is 0 Å². The molecule has 2 aliphatic rings. The summed E-state index contributed by atoms with van der Waals surface area (Å²) in [4.78, 5) is 4.72. The number of aromatic hydroxyl groups is 2. The van der Waals surface area contributed by atoms with E-state index in [1.165, 1.54) is 43.6 Å². The molecule has 0 radical (unpaired) electrons. The van der Waals surface area contributed by atoms with Gasteiger partial charge >= 0.3 is 0 Å². The molecule has 2 N–H and O–H groups in total. The van der Waals surface area contributed by atoms with E-state index in [0.29, 0.717) is 0 Å². The fraction of sp³-hybridized carbons (Fsp3) is 0.526. The third-order valence-corrected chi connectivity index (χ3v) is 5.70. The molecule has 4 rings (SSSR count). The monoisotopic (exact) mass is 312 g/mol. The predicted octanol–water partition coefficient (Wildman–Crippen LogP) is 3.88. The lowest BCUT2D eigenvalue weighted by Crippen LogP contribution is -2.38. The van der Waals surface area contributed by atoms with Crippen molar-refractivity contribution in [1.29, 1.82) is 0 Å². The van der Waals surface area contributed by atoms with Gasteiger partial charge in [0.25, 0.3) is 0 Å². The van der Waals surface area contributed by atoms with Crippen LogP contribution in [0.15, 0.2) is 24.4 Å². The van der Waals surface area contributed by atoms with Crippen LogP contribution in [0.5, 0.6) is 11.5 Å². The van der Waals surface area contributed by atoms with Crippen molar-refractivity contribution in [2.45, 2.75) is 63.3 Å². The Kier molecular flexibility index (Phi) is 3.55. The molecule has 0 atom stereocenters. The van der Waals surface area contributed by atoms with Gasteiger partial charge < -0.3 is 14.8 Å². The highest BCUT2D eigenvalue weighted by Gasteiger charge is 2.43. The Labute approximate surface area is 136 Å². The van der Waals surface area contributed by atoms with E-state index in [-0.39, 0.29) is 16.9 Å². The summed E-state index contributed by atoms with van der Waals surface area (Å²) in [6.07, 6.45) is 11.5. The SMILES string of the molecule is Oc1ccc(C2(c3cnc4n3CCCCCC4)CCC2)cc1O. The van der Waals surface area contributed by atoms with Gasteiger partial charge in [-0.3, -0.25) is 0 Å². The molecule has 2 aromatic rings. The number of phenols is 2. The Morgan fingerprint density at radius 1 is 0.957 bits per heavy atom. The van der Waals surface area contributed by atoms with Crippen molar-refractivity contribution < 1.29 is 10.2 Å². The van der Waals surface area contributed by atoms with E-state index >= 15 is 0 Å². The molecule has 0 unspecified atom stereocenters. The molecule has 23 heavy (non-hydrogen) atoms. The highest BCUT2D eigenvalue weighted by molar-refractivity contribution is 5.47. The molecule has 1 aliphatic carbocycles. The topological polar surface area (TPSA) is 58.3 Å². The van der Waals surface area contributed by atoms with Crippen molar-refractivity contribution in [2.75, 3.05) is 0 Å². The number of rotatable bonds is 2. The molecule has 0 saturated heterocycles. The molecule has 1 aliphatic heterocycles. The smallest absolute Gasteiger partial charge is 0.157 e. The van der Waals surface area contributed by atoms with Crippen LogP contribution in [0.1, 0.15) is 62.0 Å². The van der Waals surface area contributed by atoms with Gasteiger partial charge in [-0.1, -0.05) is 25.3 Å². The Morgan fingerprint density at radius 2 is 1.78 bits per heavy atom. The Hall–Kier alpha value is -1.97. The van der Waals surface area contributed by atoms with E-state index in [2.05, 4.69) is 10.8 Å². The molecule has 0 amide bonds. The number of fused-ring (bicyclic) bond motifs is 1. The minimum atomic E-state index is -0.0492. The van der Waals surface area contributed by atoms with Crippen molar-refractivity contribution in [3.05, 3.63) is 41.5 Å². The first kappa shape index (κ1) is 14.6. The van der Waals surface area contributed by atoms with Crippen LogP contribution in [0.25, 0.3) is 0 Å². The third-order valence-electron chi connectivity index (χ3n) is 5.70. The highest BCUT2D eigenvalue weighted by Crippen LogP contribution is 2.50. The fourth-order valence-corrected chi connectivity index (χ4v) is 4.20. The number of phenolic OH excluding ortho intramolecular Hbond substituents is 2.